The van der Waals surface area contributed by atoms with Gasteiger partial charge in [-0.15, -0.1) is 0 Å². The van der Waals surface area contributed by atoms with Gasteiger partial charge in [-0.25, -0.2) is 9.67 Å². The van der Waals surface area contributed by atoms with Crippen molar-refractivity contribution in [3.8, 4) is 0 Å². The molecule has 4 rings (SSSR count). The molecule has 2 heterocycles. The summed E-state index contributed by atoms with van der Waals surface area (Å²) in [5.74, 6) is 0.358. The zero-order valence-electron chi connectivity index (χ0n) is 16.2. The van der Waals surface area contributed by atoms with E-state index in [4.69, 9.17) is 0 Å². The second-order valence-electron chi connectivity index (χ2n) is 6.96. The maximum absolute atomic E-state index is 12.8. The molecular formula is C22H21N5O2. The van der Waals surface area contributed by atoms with Crippen LogP contribution in [0.25, 0.3) is 10.8 Å². The minimum Gasteiger partial charge on any atom is -0.352 e. The molecule has 4 aromatic rings. The minimum absolute atomic E-state index is 0.216. The molecule has 1 unspecified atom stereocenters. The van der Waals surface area contributed by atoms with Gasteiger partial charge < -0.3 is 5.32 Å². The summed E-state index contributed by atoms with van der Waals surface area (Å²) in [6, 6.07) is 16.2. The van der Waals surface area contributed by atoms with E-state index in [1.54, 1.807) is 19.2 Å². The number of H-pyrrole nitrogens is 1. The number of aromatic amines is 1. The number of nitrogens with one attached hydrogen (secondary N) is 2. The van der Waals surface area contributed by atoms with Crippen molar-refractivity contribution in [2.45, 2.75) is 26.4 Å². The highest BCUT2D eigenvalue weighted by Gasteiger charge is 2.16. The molecule has 0 aliphatic carbocycles. The minimum atomic E-state index is -0.492. The van der Waals surface area contributed by atoms with Gasteiger partial charge in [0, 0.05) is 18.0 Å². The molecule has 0 amide bonds. The lowest BCUT2D eigenvalue weighted by Crippen LogP contribution is -2.28. The van der Waals surface area contributed by atoms with Gasteiger partial charge >= 0.3 is 0 Å². The quantitative estimate of drug-likeness (QED) is 0.549. The lowest BCUT2D eigenvalue weighted by molar-refractivity contribution is 0.524. The van der Waals surface area contributed by atoms with Crippen molar-refractivity contribution in [3.05, 3.63) is 98.3 Å². The third kappa shape index (κ3) is 3.80. The van der Waals surface area contributed by atoms with E-state index in [2.05, 4.69) is 20.4 Å². The van der Waals surface area contributed by atoms with Crippen LogP contribution in [-0.2, 0) is 6.54 Å². The monoisotopic (exact) mass is 387 g/mol. The van der Waals surface area contributed by atoms with E-state index in [-0.39, 0.29) is 11.1 Å². The van der Waals surface area contributed by atoms with E-state index in [0.717, 1.165) is 16.5 Å². The molecule has 0 bridgehead atoms. The summed E-state index contributed by atoms with van der Waals surface area (Å²) in [6.07, 6.45) is 1.65. The number of hydrogen-bond acceptors (Lipinski definition) is 5. The fraction of sp³-hybridized carbons (Fsp3) is 0.182. The van der Waals surface area contributed by atoms with Gasteiger partial charge in [-0.05, 0) is 31.0 Å². The SMILES string of the molecule is Cc1ccccc1CNc1nc(C(C)n2ncc3ccccc3c2=O)cc(=O)[nH]1. The first-order valence-corrected chi connectivity index (χ1v) is 9.39. The Kier molecular flexibility index (Phi) is 4.95. The van der Waals surface area contributed by atoms with Gasteiger partial charge in [0.2, 0.25) is 5.95 Å². The zero-order valence-corrected chi connectivity index (χ0v) is 16.2. The molecule has 7 heteroatoms. The predicted molar refractivity (Wildman–Crippen MR) is 113 cm³/mol. The van der Waals surface area contributed by atoms with Gasteiger partial charge in [0.05, 0.1) is 23.3 Å². The fourth-order valence-electron chi connectivity index (χ4n) is 3.27. The number of rotatable bonds is 5. The van der Waals surface area contributed by atoms with E-state index >= 15 is 0 Å². The van der Waals surface area contributed by atoms with Gasteiger partial charge in [0.1, 0.15) is 0 Å². The highest BCUT2D eigenvalue weighted by molar-refractivity contribution is 5.80. The number of fused-ring (bicyclic) bond motifs is 1. The summed E-state index contributed by atoms with van der Waals surface area (Å²) in [7, 11) is 0. The lowest BCUT2D eigenvalue weighted by Gasteiger charge is -2.15. The Morgan fingerprint density at radius 1 is 1.10 bits per heavy atom. The first-order valence-electron chi connectivity index (χ1n) is 9.39. The Morgan fingerprint density at radius 3 is 2.69 bits per heavy atom. The maximum atomic E-state index is 12.8. The van der Waals surface area contributed by atoms with Crippen molar-refractivity contribution in [1.82, 2.24) is 19.7 Å². The average Bonchev–Trinajstić information content (AvgIpc) is 2.73. The Bertz CT molecular complexity index is 1290. The molecule has 0 spiro atoms. The van der Waals surface area contributed by atoms with E-state index in [9.17, 15) is 9.59 Å². The van der Waals surface area contributed by atoms with E-state index in [1.165, 1.54) is 10.7 Å². The van der Waals surface area contributed by atoms with Crippen LogP contribution in [-0.4, -0.2) is 19.7 Å². The molecule has 2 aromatic heterocycles. The predicted octanol–water partition coefficient (Wildman–Crippen LogP) is 3.01. The van der Waals surface area contributed by atoms with Crippen molar-refractivity contribution >= 4 is 16.7 Å². The van der Waals surface area contributed by atoms with Crippen molar-refractivity contribution in [2.24, 2.45) is 0 Å². The molecule has 146 valence electrons. The number of anilines is 1. The van der Waals surface area contributed by atoms with Crippen LogP contribution in [0.1, 0.15) is 29.8 Å². The number of hydrogen-bond donors (Lipinski definition) is 2. The Hall–Kier alpha value is -3.74. The molecule has 0 radical (unpaired) electrons. The molecule has 0 saturated heterocycles. The highest BCUT2D eigenvalue weighted by Crippen LogP contribution is 2.15. The first kappa shape index (κ1) is 18.6. The number of nitrogens with zero attached hydrogens (tertiary/aromatic N) is 3. The van der Waals surface area contributed by atoms with Crippen LogP contribution in [0.2, 0.25) is 0 Å². The molecule has 2 aromatic carbocycles. The molecular weight excluding hydrogens is 366 g/mol. The van der Waals surface area contributed by atoms with Gasteiger partial charge in [-0.2, -0.15) is 5.10 Å². The van der Waals surface area contributed by atoms with Gasteiger partial charge in [-0.3, -0.25) is 14.6 Å². The molecule has 0 aliphatic heterocycles. The van der Waals surface area contributed by atoms with Crippen molar-refractivity contribution in [1.29, 1.82) is 0 Å². The molecule has 2 N–H and O–H groups in total. The topological polar surface area (TPSA) is 92.7 Å². The van der Waals surface area contributed by atoms with Crippen LogP contribution in [0, 0.1) is 6.92 Å². The van der Waals surface area contributed by atoms with Gasteiger partial charge in [0.25, 0.3) is 11.1 Å². The van der Waals surface area contributed by atoms with E-state index in [0.29, 0.717) is 23.6 Å². The van der Waals surface area contributed by atoms with Gasteiger partial charge in [-0.1, -0.05) is 42.5 Å². The standard InChI is InChI=1S/C22H21N5O2/c1-14-7-3-4-8-16(14)12-23-22-25-19(11-20(28)26-22)15(2)27-21(29)18-10-6-5-9-17(18)13-24-27/h3-11,13,15H,12H2,1-2H3,(H2,23,25,26,28). The second-order valence-corrected chi connectivity index (χ2v) is 6.96. The van der Waals surface area contributed by atoms with Crippen molar-refractivity contribution in [3.63, 3.8) is 0 Å². The van der Waals surface area contributed by atoms with Crippen LogP contribution in [0.5, 0.6) is 0 Å². The van der Waals surface area contributed by atoms with Crippen LogP contribution in [0.3, 0.4) is 0 Å². The first-order chi connectivity index (χ1) is 14.0. The fourth-order valence-corrected chi connectivity index (χ4v) is 3.27. The smallest absolute Gasteiger partial charge is 0.275 e. The Morgan fingerprint density at radius 2 is 1.86 bits per heavy atom. The van der Waals surface area contributed by atoms with Gasteiger partial charge in [0.15, 0.2) is 0 Å². The highest BCUT2D eigenvalue weighted by atomic mass is 16.1. The summed E-state index contributed by atoms with van der Waals surface area (Å²) in [6.45, 7) is 4.36. The van der Waals surface area contributed by atoms with Crippen LogP contribution in [0.4, 0.5) is 5.95 Å². The summed E-state index contributed by atoms with van der Waals surface area (Å²) in [5, 5.41) is 8.80. The Balaban J connectivity index is 1.65. The second kappa shape index (κ2) is 7.71. The summed E-state index contributed by atoms with van der Waals surface area (Å²) in [4.78, 5) is 32.2. The van der Waals surface area contributed by atoms with Crippen LogP contribution >= 0.6 is 0 Å². The average molecular weight is 387 g/mol. The maximum Gasteiger partial charge on any atom is 0.275 e. The molecule has 7 nitrogen and oxygen atoms in total. The number of benzene rings is 2. The van der Waals surface area contributed by atoms with E-state index < -0.39 is 6.04 Å². The number of aromatic nitrogens is 4. The summed E-state index contributed by atoms with van der Waals surface area (Å²) in [5.41, 5.74) is 2.22. The lowest BCUT2D eigenvalue weighted by atomic mass is 10.1. The zero-order chi connectivity index (χ0) is 20.4. The third-order valence-corrected chi connectivity index (χ3v) is 4.98. The largest absolute Gasteiger partial charge is 0.352 e. The molecule has 0 saturated carbocycles. The normalized spacial score (nSPS) is 12.1. The van der Waals surface area contributed by atoms with E-state index in [1.807, 2.05) is 49.4 Å². The molecule has 0 aliphatic rings. The van der Waals surface area contributed by atoms with Crippen molar-refractivity contribution < 1.29 is 0 Å². The van der Waals surface area contributed by atoms with Crippen LogP contribution < -0.4 is 16.4 Å². The van der Waals surface area contributed by atoms with Crippen LogP contribution in [0.15, 0.2) is 70.4 Å². The van der Waals surface area contributed by atoms with Crippen molar-refractivity contribution in [2.75, 3.05) is 5.32 Å². The molecule has 1 atom stereocenters. The number of aryl methyl sites for hydroxylation is 1. The summed E-state index contributed by atoms with van der Waals surface area (Å²) < 4.78 is 1.36. The molecule has 29 heavy (non-hydrogen) atoms. The summed E-state index contributed by atoms with van der Waals surface area (Å²) >= 11 is 0. The Labute approximate surface area is 167 Å². The third-order valence-electron chi connectivity index (χ3n) is 4.98. The molecule has 0 fully saturated rings.